The summed E-state index contributed by atoms with van der Waals surface area (Å²) >= 11 is 0. The largest absolute Gasteiger partial charge is 0.497 e. The van der Waals surface area contributed by atoms with Gasteiger partial charge in [0.25, 0.3) is 5.69 Å². The minimum absolute atomic E-state index is 0.00515. The molecule has 1 N–H and O–H groups in total. The fraction of sp³-hybridized carbons (Fsp3) is 0.280. The number of ether oxygens (including phenoxy) is 2. The van der Waals surface area contributed by atoms with Crippen LogP contribution in [0.4, 0.5) is 17.1 Å². The van der Waals surface area contributed by atoms with E-state index in [-0.39, 0.29) is 35.9 Å². The normalized spacial score (nSPS) is 19.5. The fourth-order valence-corrected chi connectivity index (χ4v) is 5.07. The molecule has 2 heterocycles. The number of fused-ring (bicyclic) bond motifs is 3. The fourth-order valence-electron chi connectivity index (χ4n) is 5.07. The average molecular weight is 505 g/mol. The Bertz CT molecular complexity index is 1450. The van der Waals surface area contributed by atoms with Crippen LogP contribution < -0.4 is 10.1 Å². The van der Waals surface area contributed by atoms with Crippen LogP contribution >= 0.6 is 0 Å². The molecule has 12 nitrogen and oxygen atoms in total. The zero-order valence-electron chi connectivity index (χ0n) is 20.0. The molecule has 0 fully saturated rings. The molecule has 0 spiro atoms. The first kappa shape index (κ1) is 24.0. The van der Waals surface area contributed by atoms with Crippen LogP contribution in [0.2, 0.25) is 0 Å². The van der Waals surface area contributed by atoms with Crippen LogP contribution in [0.5, 0.6) is 5.75 Å². The number of hydrogen-bond donors (Lipinski definition) is 1. The summed E-state index contributed by atoms with van der Waals surface area (Å²) in [6.45, 7) is 1.80. The van der Waals surface area contributed by atoms with E-state index in [2.05, 4.69) is 22.6 Å². The summed E-state index contributed by atoms with van der Waals surface area (Å²) in [4.78, 5) is 34.5. The summed E-state index contributed by atoms with van der Waals surface area (Å²) in [5.41, 5.74) is 1.56. The van der Waals surface area contributed by atoms with E-state index in [9.17, 15) is 25.0 Å². The second kappa shape index (κ2) is 9.37. The first-order valence-corrected chi connectivity index (χ1v) is 11.6. The van der Waals surface area contributed by atoms with E-state index in [1.165, 1.54) is 10.7 Å². The van der Waals surface area contributed by atoms with Crippen molar-refractivity contribution in [2.24, 2.45) is 5.92 Å². The van der Waals surface area contributed by atoms with E-state index in [0.29, 0.717) is 5.56 Å². The monoisotopic (exact) mass is 505 g/mol. The minimum Gasteiger partial charge on any atom is -0.497 e. The Morgan fingerprint density at radius 1 is 1.16 bits per heavy atom. The minimum atomic E-state index is -0.715. The molecule has 0 amide bonds. The zero-order valence-corrected chi connectivity index (χ0v) is 20.0. The highest BCUT2D eigenvalue weighted by molar-refractivity contribution is 5.89. The van der Waals surface area contributed by atoms with Crippen molar-refractivity contribution in [1.29, 1.82) is 0 Å². The predicted octanol–water partition coefficient (Wildman–Crippen LogP) is 4.70. The van der Waals surface area contributed by atoms with E-state index >= 15 is 0 Å². The lowest BCUT2D eigenvalue weighted by molar-refractivity contribution is -0.394. The van der Waals surface area contributed by atoms with Gasteiger partial charge in [0.15, 0.2) is 5.69 Å². The second-order valence-corrected chi connectivity index (χ2v) is 8.71. The molecule has 5 rings (SSSR count). The number of benzene rings is 2. The molecule has 0 saturated carbocycles. The molecule has 3 aromatic rings. The molecule has 1 aliphatic heterocycles. The van der Waals surface area contributed by atoms with Gasteiger partial charge in [-0.15, -0.1) is 0 Å². The molecule has 1 aromatic heterocycles. The Kier molecular flexibility index (Phi) is 6.07. The Morgan fingerprint density at radius 2 is 1.97 bits per heavy atom. The maximum atomic E-state index is 13.0. The molecule has 12 heteroatoms. The Hall–Kier alpha value is -4.74. The van der Waals surface area contributed by atoms with Crippen molar-refractivity contribution in [3.63, 3.8) is 0 Å². The van der Waals surface area contributed by atoms with Gasteiger partial charge in [-0.1, -0.05) is 12.2 Å². The summed E-state index contributed by atoms with van der Waals surface area (Å²) < 4.78 is 11.9. The van der Waals surface area contributed by atoms with Crippen molar-refractivity contribution in [2.75, 3.05) is 19.0 Å². The molecule has 37 heavy (non-hydrogen) atoms. The molecule has 0 unspecified atom stereocenters. The van der Waals surface area contributed by atoms with Crippen LogP contribution in [-0.2, 0) is 4.74 Å². The highest BCUT2D eigenvalue weighted by Crippen LogP contribution is 2.51. The standard InChI is InChI=1S/C25H23N5O7/c1-3-37-25(31)24-19(13-28(27-24)21-10-7-14(29(32)33)11-22(21)30(34)35)23-17-6-4-5-16(17)18-12-15(36-2)8-9-20(18)26-23/h4-5,7-13,16-17,23,26H,3,6H2,1-2H3/t16-,17+,23-/m0/s1. The van der Waals surface area contributed by atoms with Crippen molar-refractivity contribution in [3.8, 4) is 11.4 Å². The third kappa shape index (κ3) is 4.15. The molecule has 190 valence electrons. The van der Waals surface area contributed by atoms with Crippen molar-refractivity contribution in [1.82, 2.24) is 9.78 Å². The van der Waals surface area contributed by atoms with Crippen LogP contribution in [0.3, 0.4) is 0 Å². The number of nitro benzene ring substituents is 2. The van der Waals surface area contributed by atoms with Gasteiger partial charge in [0.2, 0.25) is 0 Å². The number of esters is 1. The van der Waals surface area contributed by atoms with Gasteiger partial charge in [0.1, 0.15) is 11.4 Å². The quantitative estimate of drug-likeness (QED) is 0.208. The van der Waals surface area contributed by atoms with Gasteiger partial charge in [-0.25, -0.2) is 9.48 Å². The first-order valence-electron chi connectivity index (χ1n) is 11.6. The SMILES string of the molecule is CCOC(=O)c1nn(-c2ccc([N+](=O)[O-])cc2[N+](=O)[O-])cc1[C@H]1Nc2ccc(OC)cc2[C@H]2C=CC[C@H]21. The van der Waals surface area contributed by atoms with Crippen LogP contribution in [0.15, 0.2) is 54.7 Å². The number of nitro groups is 2. The molecule has 0 radical (unpaired) electrons. The molecule has 2 aromatic carbocycles. The average Bonchev–Trinajstić information content (AvgIpc) is 3.56. The Morgan fingerprint density at radius 3 is 2.68 bits per heavy atom. The second-order valence-electron chi connectivity index (χ2n) is 8.71. The summed E-state index contributed by atoms with van der Waals surface area (Å²) in [5.74, 6) is 0.176. The maximum absolute atomic E-state index is 13.0. The molecule has 3 atom stereocenters. The highest BCUT2D eigenvalue weighted by Gasteiger charge is 2.41. The van der Waals surface area contributed by atoms with E-state index < -0.39 is 27.2 Å². The van der Waals surface area contributed by atoms with Crippen molar-refractivity contribution in [3.05, 3.63) is 91.8 Å². The zero-order chi connectivity index (χ0) is 26.3. The predicted molar refractivity (Wildman–Crippen MR) is 132 cm³/mol. The Balaban J connectivity index is 1.64. The summed E-state index contributed by atoms with van der Waals surface area (Å²) in [6.07, 6.45) is 6.52. The molecular weight excluding hydrogens is 482 g/mol. The number of allylic oxidation sites excluding steroid dienone is 2. The van der Waals surface area contributed by atoms with Gasteiger partial charge in [0, 0.05) is 29.4 Å². The van der Waals surface area contributed by atoms with Crippen LogP contribution in [0.25, 0.3) is 5.69 Å². The Labute approximate surface area is 210 Å². The van der Waals surface area contributed by atoms with Gasteiger partial charge >= 0.3 is 11.7 Å². The number of nitrogens with one attached hydrogen (secondary N) is 1. The number of nitrogens with zero attached hydrogens (tertiary/aromatic N) is 4. The lowest BCUT2D eigenvalue weighted by Crippen LogP contribution is -2.30. The number of hydrogen-bond acceptors (Lipinski definition) is 9. The van der Waals surface area contributed by atoms with E-state index in [1.807, 2.05) is 18.2 Å². The number of aromatic nitrogens is 2. The van der Waals surface area contributed by atoms with Crippen molar-refractivity contribution in [2.45, 2.75) is 25.3 Å². The lowest BCUT2D eigenvalue weighted by atomic mass is 9.77. The molecule has 0 bridgehead atoms. The lowest BCUT2D eigenvalue weighted by Gasteiger charge is -2.37. The highest BCUT2D eigenvalue weighted by atomic mass is 16.6. The van der Waals surface area contributed by atoms with Crippen LogP contribution in [-0.4, -0.2) is 39.3 Å². The number of methoxy groups -OCH3 is 1. The third-order valence-corrected chi connectivity index (χ3v) is 6.73. The third-order valence-electron chi connectivity index (χ3n) is 6.73. The summed E-state index contributed by atoms with van der Waals surface area (Å²) in [6, 6.07) is 8.68. The molecule has 0 saturated heterocycles. The molecule has 1 aliphatic carbocycles. The van der Waals surface area contributed by atoms with Crippen molar-refractivity contribution < 1.29 is 24.1 Å². The van der Waals surface area contributed by atoms with E-state index in [1.54, 1.807) is 20.2 Å². The molecular formula is C25H23N5O7. The maximum Gasteiger partial charge on any atom is 0.359 e. The van der Waals surface area contributed by atoms with E-state index in [0.717, 1.165) is 35.6 Å². The summed E-state index contributed by atoms with van der Waals surface area (Å²) in [5, 5.41) is 30.8. The van der Waals surface area contributed by atoms with Gasteiger partial charge in [-0.05, 0) is 49.1 Å². The van der Waals surface area contributed by atoms with Crippen LogP contribution in [0, 0.1) is 26.1 Å². The topological polar surface area (TPSA) is 152 Å². The van der Waals surface area contributed by atoms with Gasteiger partial charge < -0.3 is 14.8 Å². The smallest absolute Gasteiger partial charge is 0.359 e. The number of non-ortho nitro benzene ring substituents is 1. The van der Waals surface area contributed by atoms with Gasteiger partial charge in [-0.2, -0.15) is 5.10 Å². The van der Waals surface area contributed by atoms with Crippen LogP contribution in [0.1, 0.15) is 46.9 Å². The van der Waals surface area contributed by atoms with Gasteiger partial charge in [-0.3, -0.25) is 20.2 Å². The number of carbonyl (C=O) groups excluding carboxylic acids is 1. The first-order chi connectivity index (χ1) is 17.8. The summed E-state index contributed by atoms with van der Waals surface area (Å²) in [7, 11) is 1.61. The molecule has 2 aliphatic rings. The number of carbonyl (C=O) groups is 1. The van der Waals surface area contributed by atoms with E-state index in [4.69, 9.17) is 9.47 Å². The number of anilines is 1. The van der Waals surface area contributed by atoms with Crippen molar-refractivity contribution >= 4 is 23.0 Å². The van der Waals surface area contributed by atoms with Gasteiger partial charge in [0.05, 0.1) is 35.7 Å². The number of rotatable bonds is 7.